The van der Waals surface area contributed by atoms with Gasteiger partial charge in [0.2, 0.25) is 5.91 Å². The number of nitrogens with zero attached hydrogens (tertiary/aromatic N) is 2. The number of halogens is 1. The molecule has 1 aliphatic rings. The van der Waals surface area contributed by atoms with Crippen LogP contribution >= 0.6 is 11.6 Å². The molecule has 0 fully saturated rings. The number of carboxylic acids is 1. The lowest BCUT2D eigenvalue weighted by atomic mass is 9.96. The second kappa shape index (κ2) is 7.37. The fourth-order valence-corrected chi connectivity index (χ4v) is 3.49. The van der Waals surface area contributed by atoms with Gasteiger partial charge in [-0.15, -0.1) is 0 Å². The van der Waals surface area contributed by atoms with Crippen molar-refractivity contribution in [2.45, 2.75) is 32.4 Å². The Hall–Kier alpha value is -2.54. The van der Waals surface area contributed by atoms with Gasteiger partial charge in [0.1, 0.15) is 11.6 Å². The highest BCUT2D eigenvalue weighted by Gasteiger charge is 2.30. The normalized spacial score (nSPS) is 17.3. The maximum atomic E-state index is 12.7. The van der Waals surface area contributed by atoms with Gasteiger partial charge >= 0.3 is 5.97 Å². The number of aryl methyl sites for hydroxylation is 2. The number of nitrogens with one attached hydrogen (secondary N) is 1. The third-order valence-corrected chi connectivity index (χ3v) is 5.00. The Morgan fingerprint density at radius 1 is 1.46 bits per heavy atom. The highest BCUT2D eigenvalue weighted by Crippen LogP contribution is 2.28. The first-order valence-electron chi connectivity index (χ1n) is 8.28. The summed E-state index contributed by atoms with van der Waals surface area (Å²) in [7, 11) is 1.48. The number of aliphatic carboxylic acids is 1. The van der Waals surface area contributed by atoms with Gasteiger partial charge in [-0.1, -0.05) is 17.7 Å². The number of rotatable bonds is 5. The first-order valence-corrected chi connectivity index (χ1v) is 8.66. The molecule has 0 radical (unpaired) electrons. The molecule has 0 saturated heterocycles. The highest BCUT2D eigenvalue weighted by molar-refractivity contribution is 6.32. The van der Waals surface area contributed by atoms with E-state index in [1.807, 2.05) is 17.7 Å². The fourth-order valence-electron chi connectivity index (χ4n) is 3.22. The Labute approximate surface area is 155 Å². The lowest BCUT2D eigenvalue weighted by molar-refractivity contribution is -0.142. The third-order valence-electron chi connectivity index (χ3n) is 4.70. The fraction of sp³-hybridized carbons (Fsp3) is 0.389. The zero-order valence-corrected chi connectivity index (χ0v) is 15.3. The zero-order valence-electron chi connectivity index (χ0n) is 14.5. The van der Waals surface area contributed by atoms with Crippen LogP contribution in [-0.2, 0) is 22.6 Å². The van der Waals surface area contributed by atoms with Crippen molar-refractivity contribution in [2.75, 3.05) is 7.11 Å². The average molecular weight is 378 g/mol. The number of carbonyl (C=O) groups is 2. The van der Waals surface area contributed by atoms with Gasteiger partial charge in [0.25, 0.3) is 0 Å². The van der Waals surface area contributed by atoms with Crippen LogP contribution in [0.4, 0.5) is 0 Å². The third kappa shape index (κ3) is 3.53. The molecule has 2 aromatic rings. The average Bonchev–Trinajstić information content (AvgIpc) is 2.99. The van der Waals surface area contributed by atoms with Crippen molar-refractivity contribution in [3.8, 4) is 5.75 Å². The van der Waals surface area contributed by atoms with E-state index in [0.717, 1.165) is 17.9 Å². The van der Waals surface area contributed by atoms with Gasteiger partial charge < -0.3 is 19.7 Å². The molecule has 2 atom stereocenters. The molecule has 1 amide bonds. The summed E-state index contributed by atoms with van der Waals surface area (Å²) in [5.74, 6) is -0.431. The number of imidazole rings is 1. The number of amides is 1. The number of carboxylic acid groups (broad SMARTS) is 1. The molecule has 26 heavy (non-hydrogen) atoms. The Kier molecular flexibility index (Phi) is 5.18. The van der Waals surface area contributed by atoms with E-state index in [9.17, 15) is 14.7 Å². The molecule has 1 aromatic heterocycles. The van der Waals surface area contributed by atoms with E-state index in [4.69, 9.17) is 16.3 Å². The minimum Gasteiger partial charge on any atom is -0.495 e. The van der Waals surface area contributed by atoms with Crippen LogP contribution in [-0.4, -0.2) is 33.6 Å². The van der Waals surface area contributed by atoms with Crippen LogP contribution in [0.3, 0.4) is 0 Å². The molecule has 3 rings (SSSR count). The number of fused-ring (bicyclic) bond motifs is 1. The summed E-state index contributed by atoms with van der Waals surface area (Å²) in [6, 6.07) is 3.50. The smallest absolute Gasteiger partial charge is 0.330 e. The van der Waals surface area contributed by atoms with Crippen molar-refractivity contribution in [3.05, 3.63) is 46.5 Å². The number of hydrogen-bond donors (Lipinski definition) is 2. The quantitative estimate of drug-likeness (QED) is 0.834. The Balaban J connectivity index is 1.76. The molecule has 8 heteroatoms. The van der Waals surface area contributed by atoms with E-state index in [1.54, 1.807) is 12.1 Å². The molecule has 138 valence electrons. The molecule has 2 unspecified atom stereocenters. The minimum absolute atomic E-state index is 0.289. The van der Waals surface area contributed by atoms with Gasteiger partial charge in [-0.05, 0) is 37.5 Å². The van der Waals surface area contributed by atoms with Gasteiger partial charge in [-0.3, -0.25) is 4.79 Å². The summed E-state index contributed by atoms with van der Waals surface area (Å²) in [5.41, 5.74) is 1.50. The monoisotopic (exact) mass is 377 g/mol. The molecule has 1 aliphatic heterocycles. The van der Waals surface area contributed by atoms with Crippen LogP contribution in [0, 0.1) is 12.8 Å². The summed E-state index contributed by atoms with van der Waals surface area (Å²) in [6.45, 7) is 2.39. The second-order valence-corrected chi connectivity index (χ2v) is 6.72. The molecule has 2 N–H and O–H groups in total. The molecule has 7 nitrogen and oxygen atoms in total. The van der Waals surface area contributed by atoms with E-state index in [0.29, 0.717) is 29.3 Å². The van der Waals surface area contributed by atoms with E-state index < -0.39 is 12.0 Å². The molecular weight excluding hydrogens is 358 g/mol. The number of benzene rings is 1. The van der Waals surface area contributed by atoms with Gasteiger partial charge in [0, 0.05) is 18.4 Å². The first kappa shape index (κ1) is 18.3. The van der Waals surface area contributed by atoms with E-state index in [2.05, 4.69) is 10.3 Å². The molecule has 0 bridgehead atoms. The number of ether oxygens (including phenoxy) is 1. The topological polar surface area (TPSA) is 93.5 Å². The van der Waals surface area contributed by atoms with Crippen LogP contribution in [0.15, 0.2) is 24.4 Å². The van der Waals surface area contributed by atoms with Gasteiger partial charge in [0.15, 0.2) is 6.04 Å². The van der Waals surface area contributed by atoms with Crippen molar-refractivity contribution in [1.82, 2.24) is 14.9 Å². The Morgan fingerprint density at radius 3 is 2.88 bits per heavy atom. The number of methoxy groups -OCH3 is 1. The number of aromatic nitrogens is 2. The van der Waals surface area contributed by atoms with Crippen molar-refractivity contribution in [1.29, 1.82) is 0 Å². The largest absolute Gasteiger partial charge is 0.495 e. The van der Waals surface area contributed by atoms with Crippen molar-refractivity contribution < 1.29 is 19.4 Å². The van der Waals surface area contributed by atoms with Crippen LogP contribution in [0.5, 0.6) is 5.75 Å². The van der Waals surface area contributed by atoms with Gasteiger partial charge in [-0.25, -0.2) is 9.78 Å². The molecule has 0 saturated carbocycles. The van der Waals surface area contributed by atoms with E-state index in [-0.39, 0.29) is 11.8 Å². The highest BCUT2D eigenvalue weighted by atomic mass is 35.5. The summed E-state index contributed by atoms with van der Waals surface area (Å²) < 4.78 is 7.09. The van der Waals surface area contributed by atoms with E-state index >= 15 is 0 Å². The summed E-state index contributed by atoms with van der Waals surface area (Å²) >= 11 is 6.08. The van der Waals surface area contributed by atoms with Gasteiger partial charge in [-0.2, -0.15) is 0 Å². The lowest BCUT2D eigenvalue weighted by Crippen LogP contribution is -2.40. The second-order valence-electron chi connectivity index (χ2n) is 6.32. The first-order chi connectivity index (χ1) is 12.4. The molecule has 0 spiro atoms. The van der Waals surface area contributed by atoms with Crippen molar-refractivity contribution >= 4 is 23.5 Å². The summed E-state index contributed by atoms with van der Waals surface area (Å²) in [5, 5.41) is 12.5. The molecule has 0 aliphatic carbocycles. The molecular formula is C18H20ClN3O4. The standard InChI is InChI=1S/C18H20ClN3O4/c1-10-20-8-13-5-3-12(9-22(10)13)17(23)21-16(18(24)25)11-4-6-15(26-2)14(19)7-11/h4,6-8,12,16H,3,5,9H2,1-2H3,(H,21,23)(H,24,25). The Bertz CT molecular complexity index is 849. The van der Waals surface area contributed by atoms with Crippen LogP contribution in [0.2, 0.25) is 5.02 Å². The van der Waals surface area contributed by atoms with Crippen LogP contribution < -0.4 is 10.1 Å². The van der Waals surface area contributed by atoms with Crippen LogP contribution in [0.25, 0.3) is 0 Å². The van der Waals surface area contributed by atoms with E-state index in [1.165, 1.54) is 13.2 Å². The maximum absolute atomic E-state index is 12.7. The minimum atomic E-state index is -1.17. The number of carbonyl (C=O) groups excluding carboxylic acids is 1. The zero-order chi connectivity index (χ0) is 18.8. The van der Waals surface area contributed by atoms with Crippen LogP contribution in [0.1, 0.15) is 29.5 Å². The SMILES string of the molecule is COc1ccc(C(NC(=O)C2CCc3cnc(C)n3C2)C(=O)O)cc1Cl. The number of hydrogen-bond acceptors (Lipinski definition) is 4. The summed E-state index contributed by atoms with van der Waals surface area (Å²) in [6.07, 6.45) is 3.22. The molecule has 1 aromatic carbocycles. The maximum Gasteiger partial charge on any atom is 0.330 e. The lowest BCUT2D eigenvalue weighted by Gasteiger charge is -2.26. The predicted octanol–water partition coefficient (Wildman–Crippen LogP) is 2.36. The predicted molar refractivity (Wildman–Crippen MR) is 95.3 cm³/mol. The Morgan fingerprint density at radius 2 is 2.23 bits per heavy atom. The van der Waals surface area contributed by atoms with Gasteiger partial charge in [0.05, 0.1) is 18.1 Å². The van der Waals surface area contributed by atoms with Crippen molar-refractivity contribution in [3.63, 3.8) is 0 Å². The van der Waals surface area contributed by atoms with Crippen molar-refractivity contribution in [2.24, 2.45) is 5.92 Å². The molecule has 2 heterocycles. The summed E-state index contributed by atoms with van der Waals surface area (Å²) in [4.78, 5) is 28.6.